The van der Waals surface area contributed by atoms with E-state index in [2.05, 4.69) is 26.1 Å². The molecular formula is C11H24N2O2. The Morgan fingerprint density at radius 2 is 2.07 bits per heavy atom. The molecule has 0 atom stereocenters. The molecule has 0 saturated heterocycles. The number of methoxy groups -OCH3 is 1. The Kier molecular flexibility index (Phi) is 6.52. The van der Waals surface area contributed by atoms with Gasteiger partial charge in [0.2, 0.25) is 5.91 Å². The van der Waals surface area contributed by atoms with Gasteiger partial charge in [0.1, 0.15) is 0 Å². The molecule has 0 bridgehead atoms. The Hall–Kier alpha value is -0.610. The fourth-order valence-electron chi connectivity index (χ4n) is 1.06. The van der Waals surface area contributed by atoms with Crippen LogP contribution in [0, 0.1) is 0 Å². The molecule has 90 valence electrons. The molecule has 15 heavy (non-hydrogen) atoms. The van der Waals surface area contributed by atoms with Gasteiger partial charge in [0.05, 0.1) is 13.2 Å². The SMILES string of the molecule is CCC(C)(C)N(C)C(=O)CNCCOC. The highest BCUT2D eigenvalue weighted by molar-refractivity contribution is 5.78. The molecule has 0 spiro atoms. The molecule has 0 saturated carbocycles. The fourth-order valence-corrected chi connectivity index (χ4v) is 1.06. The van der Waals surface area contributed by atoms with E-state index in [0.717, 1.165) is 6.42 Å². The number of rotatable bonds is 7. The van der Waals surface area contributed by atoms with Gasteiger partial charge in [-0.05, 0) is 20.3 Å². The van der Waals surface area contributed by atoms with Crippen molar-refractivity contribution in [2.75, 3.05) is 33.9 Å². The molecule has 0 unspecified atom stereocenters. The number of hydrogen-bond acceptors (Lipinski definition) is 3. The molecule has 4 nitrogen and oxygen atoms in total. The largest absolute Gasteiger partial charge is 0.383 e. The highest BCUT2D eigenvalue weighted by Gasteiger charge is 2.24. The zero-order valence-electron chi connectivity index (χ0n) is 10.6. The van der Waals surface area contributed by atoms with Crippen molar-refractivity contribution in [3.63, 3.8) is 0 Å². The minimum absolute atomic E-state index is 0.0694. The van der Waals surface area contributed by atoms with E-state index in [1.165, 1.54) is 0 Å². The molecular weight excluding hydrogens is 192 g/mol. The van der Waals surface area contributed by atoms with Gasteiger partial charge in [-0.15, -0.1) is 0 Å². The molecule has 0 rings (SSSR count). The van der Waals surface area contributed by atoms with Crippen LogP contribution in [0.5, 0.6) is 0 Å². The molecule has 0 aliphatic rings. The smallest absolute Gasteiger partial charge is 0.236 e. The van der Waals surface area contributed by atoms with Crippen molar-refractivity contribution in [2.45, 2.75) is 32.7 Å². The number of ether oxygens (including phenoxy) is 1. The number of hydrogen-bond donors (Lipinski definition) is 1. The molecule has 0 heterocycles. The van der Waals surface area contributed by atoms with E-state index in [-0.39, 0.29) is 11.4 Å². The highest BCUT2D eigenvalue weighted by atomic mass is 16.5. The lowest BCUT2D eigenvalue weighted by Gasteiger charge is -2.35. The van der Waals surface area contributed by atoms with E-state index in [1.54, 1.807) is 12.0 Å². The van der Waals surface area contributed by atoms with Gasteiger partial charge in [-0.1, -0.05) is 6.92 Å². The van der Waals surface area contributed by atoms with Crippen molar-refractivity contribution >= 4 is 5.91 Å². The molecule has 0 fully saturated rings. The maximum atomic E-state index is 11.7. The van der Waals surface area contributed by atoms with Crippen molar-refractivity contribution < 1.29 is 9.53 Å². The van der Waals surface area contributed by atoms with E-state index < -0.39 is 0 Å². The Balaban J connectivity index is 3.89. The number of carbonyl (C=O) groups is 1. The summed E-state index contributed by atoms with van der Waals surface area (Å²) in [7, 11) is 3.50. The Morgan fingerprint density at radius 3 is 2.53 bits per heavy atom. The van der Waals surface area contributed by atoms with Crippen LogP contribution in [0.2, 0.25) is 0 Å². The average Bonchev–Trinajstić information content (AvgIpc) is 2.23. The normalized spacial score (nSPS) is 11.5. The Morgan fingerprint density at radius 1 is 1.47 bits per heavy atom. The minimum atomic E-state index is -0.0694. The lowest BCUT2D eigenvalue weighted by Crippen LogP contribution is -2.48. The fraction of sp³-hybridized carbons (Fsp3) is 0.909. The van der Waals surface area contributed by atoms with Gasteiger partial charge >= 0.3 is 0 Å². The summed E-state index contributed by atoms with van der Waals surface area (Å²) in [5.74, 6) is 0.123. The number of carbonyl (C=O) groups excluding carboxylic acids is 1. The molecule has 4 heteroatoms. The maximum absolute atomic E-state index is 11.7. The van der Waals surface area contributed by atoms with Gasteiger partial charge in [-0.3, -0.25) is 4.79 Å². The third-order valence-electron chi connectivity index (χ3n) is 2.91. The minimum Gasteiger partial charge on any atom is -0.383 e. The average molecular weight is 216 g/mol. The van der Waals surface area contributed by atoms with Crippen molar-refractivity contribution in [1.82, 2.24) is 10.2 Å². The quantitative estimate of drug-likeness (QED) is 0.642. The standard InChI is InChI=1S/C11H24N2O2/c1-6-11(2,3)13(4)10(14)9-12-7-8-15-5/h12H,6-9H2,1-5H3. The van der Waals surface area contributed by atoms with Crippen LogP contribution in [0.3, 0.4) is 0 Å². The highest BCUT2D eigenvalue weighted by Crippen LogP contribution is 2.15. The topological polar surface area (TPSA) is 41.6 Å². The van der Waals surface area contributed by atoms with Crippen molar-refractivity contribution in [3.8, 4) is 0 Å². The second kappa shape index (κ2) is 6.80. The summed E-state index contributed by atoms with van der Waals surface area (Å²) >= 11 is 0. The van der Waals surface area contributed by atoms with Crippen LogP contribution in [0.1, 0.15) is 27.2 Å². The molecule has 0 aromatic heterocycles. The predicted octanol–water partition coefficient (Wildman–Crippen LogP) is 0.869. The number of amides is 1. The molecule has 0 aromatic rings. The molecule has 1 N–H and O–H groups in total. The lowest BCUT2D eigenvalue weighted by atomic mass is 10.00. The summed E-state index contributed by atoms with van der Waals surface area (Å²) < 4.78 is 4.89. The van der Waals surface area contributed by atoms with Crippen LogP contribution in [0.4, 0.5) is 0 Å². The Bertz CT molecular complexity index is 193. The maximum Gasteiger partial charge on any atom is 0.236 e. The number of likely N-dealkylation sites (N-methyl/N-ethyl adjacent to an activating group) is 1. The van der Waals surface area contributed by atoms with Gasteiger partial charge in [0.15, 0.2) is 0 Å². The predicted molar refractivity (Wildman–Crippen MR) is 61.9 cm³/mol. The summed E-state index contributed by atoms with van der Waals surface area (Å²) in [5, 5.41) is 3.05. The third kappa shape index (κ3) is 5.14. The first kappa shape index (κ1) is 14.4. The van der Waals surface area contributed by atoms with Crippen LogP contribution < -0.4 is 5.32 Å². The first-order chi connectivity index (χ1) is 6.95. The molecule has 0 radical (unpaired) electrons. The van der Waals surface area contributed by atoms with Gasteiger partial charge in [-0.25, -0.2) is 0 Å². The summed E-state index contributed by atoms with van der Waals surface area (Å²) in [6, 6.07) is 0. The summed E-state index contributed by atoms with van der Waals surface area (Å²) in [6.07, 6.45) is 0.952. The van der Waals surface area contributed by atoms with E-state index in [4.69, 9.17) is 4.74 Å². The van der Waals surface area contributed by atoms with E-state index in [1.807, 2.05) is 7.05 Å². The zero-order chi connectivity index (χ0) is 11.9. The van der Waals surface area contributed by atoms with Crippen LogP contribution in [-0.4, -0.2) is 50.2 Å². The van der Waals surface area contributed by atoms with Gasteiger partial charge in [-0.2, -0.15) is 0 Å². The van der Waals surface area contributed by atoms with E-state index in [0.29, 0.717) is 19.7 Å². The first-order valence-electron chi connectivity index (χ1n) is 5.42. The molecule has 0 aromatic carbocycles. The van der Waals surface area contributed by atoms with Gasteiger partial charge in [0.25, 0.3) is 0 Å². The van der Waals surface area contributed by atoms with Gasteiger partial charge in [0, 0.05) is 26.2 Å². The summed E-state index contributed by atoms with van der Waals surface area (Å²) in [4.78, 5) is 13.5. The van der Waals surface area contributed by atoms with Crippen molar-refractivity contribution in [1.29, 1.82) is 0 Å². The third-order valence-corrected chi connectivity index (χ3v) is 2.91. The second-order valence-corrected chi connectivity index (χ2v) is 4.29. The van der Waals surface area contributed by atoms with Crippen LogP contribution in [0.25, 0.3) is 0 Å². The first-order valence-corrected chi connectivity index (χ1v) is 5.42. The van der Waals surface area contributed by atoms with Crippen molar-refractivity contribution in [3.05, 3.63) is 0 Å². The molecule has 0 aliphatic carbocycles. The Labute approximate surface area is 93.0 Å². The second-order valence-electron chi connectivity index (χ2n) is 4.29. The summed E-state index contributed by atoms with van der Waals surface area (Å²) in [5.41, 5.74) is -0.0694. The van der Waals surface area contributed by atoms with Gasteiger partial charge < -0.3 is 15.0 Å². The van der Waals surface area contributed by atoms with Crippen molar-refractivity contribution in [2.24, 2.45) is 0 Å². The van der Waals surface area contributed by atoms with Crippen LogP contribution in [0.15, 0.2) is 0 Å². The van der Waals surface area contributed by atoms with E-state index in [9.17, 15) is 4.79 Å². The lowest BCUT2D eigenvalue weighted by molar-refractivity contribution is -0.133. The van der Waals surface area contributed by atoms with E-state index >= 15 is 0 Å². The molecule has 1 amide bonds. The number of nitrogens with zero attached hydrogens (tertiary/aromatic N) is 1. The molecule has 0 aliphatic heterocycles. The van der Waals surface area contributed by atoms with Crippen LogP contribution >= 0.6 is 0 Å². The zero-order valence-corrected chi connectivity index (χ0v) is 10.6. The summed E-state index contributed by atoms with van der Waals surface area (Å²) in [6.45, 7) is 7.95. The number of nitrogens with one attached hydrogen (secondary N) is 1. The monoisotopic (exact) mass is 216 g/mol. The van der Waals surface area contributed by atoms with Crippen LogP contribution in [-0.2, 0) is 9.53 Å².